The summed E-state index contributed by atoms with van der Waals surface area (Å²) in [5, 5.41) is 0. The molecule has 0 radical (unpaired) electrons. The van der Waals surface area contributed by atoms with E-state index in [1.165, 1.54) is 12.8 Å². The molecule has 0 spiro atoms. The van der Waals surface area contributed by atoms with Gasteiger partial charge in [-0.2, -0.15) is 4.31 Å². The number of rotatable bonds is 2. The Kier molecular flexibility index (Phi) is 4.44. The van der Waals surface area contributed by atoms with Gasteiger partial charge in [0.05, 0.1) is 4.90 Å². The molecule has 21 heavy (non-hydrogen) atoms. The zero-order valence-corrected chi connectivity index (χ0v) is 14.7. The highest BCUT2D eigenvalue weighted by molar-refractivity contribution is 9.10. The Balaban J connectivity index is 1.94. The van der Waals surface area contributed by atoms with Crippen molar-refractivity contribution in [2.75, 3.05) is 6.54 Å². The van der Waals surface area contributed by atoms with Crippen LogP contribution < -0.4 is 0 Å². The van der Waals surface area contributed by atoms with Crippen molar-refractivity contribution in [1.29, 1.82) is 0 Å². The van der Waals surface area contributed by atoms with E-state index in [2.05, 4.69) is 22.9 Å². The second kappa shape index (κ2) is 6.01. The average molecular weight is 372 g/mol. The Labute approximate surface area is 135 Å². The number of hydrogen-bond acceptors (Lipinski definition) is 2. The molecule has 3 nitrogen and oxygen atoms in total. The van der Waals surface area contributed by atoms with Crippen molar-refractivity contribution in [3.8, 4) is 0 Å². The van der Waals surface area contributed by atoms with Crippen molar-refractivity contribution >= 4 is 26.0 Å². The third-order valence-electron chi connectivity index (χ3n) is 5.09. The van der Waals surface area contributed by atoms with Gasteiger partial charge in [0.2, 0.25) is 10.0 Å². The van der Waals surface area contributed by atoms with Crippen LogP contribution in [-0.4, -0.2) is 25.3 Å². The third kappa shape index (κ3) is 2.92. The predicted octanol–water partition coefficient (Wildman–Crippen LogP) is 4.04. The summed E-state index contributed by atoms with van der Waals surface area (Å²) in [5.41, 5.74) is 0. The maximum absolute atomic E-state index is 13.0. The van der Waals surface area contributed by atoms with Crippen LogP contribution in [0, 0.1) is 11.8 Å². The first-order chi connectivity index (χ1) is 10.00. The molecule has 3 atom stereocenters. The first-order valence-corrected chi connectivity index (χ1v) is 10.0. The summed E-state index contributed by atoms with van der Waals surface area (Å²) in [7, 11) is -3.38. The Morgan fingerprint density at radius 3 is 2.71 bits per heavy atom. The number of nitrogens with zero attached hydrogens (tertiary/aromatic N) is 1. The summed E-state index contributed by atoms with van der Waals surface area (Å²) in [6.45, 7) is 2.95. The van der Waals surface area contributed by atoms with Gasteiger partial charge in [0.15, 0.2) is 0 Å². The van der Waals surface area contributed by atoms with Gasteiger partial charge >= 0.3 is 0 Å². The summed E-state index contributed by atoms with van der Waals surface area (Å²) < 4.78 is 28.6. The van der Waals surface area contributed by atoms with Crippen molar-refractivity contribution in [2.24, 2.45) is 11.8 Å². The van der Waals surface area contributed by atoms with Crippen molar-refractivity contribution in [1.82, 2.24) is 4.31 Å². The van der Waals surface area contributed by atoms with Crippen LogP contribution in [0.4, 0.5) is 0 Å². The summed E-state index contributed by atoms with van der Waals surface area (Å²) in [6, 6.07) is 7.27. The van der Waals surface area contributed by atoms with E-state index < -0.39 is 10.0 Å². The van der Waals surface area contributed by atoms with Crippen LogP contribution in [0.2, 0.25) is 0 Å². The van der Waals surface area contributed by atoms with Gasteiger partial charge in [-0.3, -0.25) is 0 Å². The molecular formula is C16H22BrNO2S. The van der Waals surface area contributed by atoms with Crippen LogP contribution in [0.1, 0.15) is 39.0 Å². The molecule has 1 aliphatic carbocycles. The van der Waals surface area contributed by atoms with Gasteiger partial charge in [-0.05, 0) is 49.3 Å². The fourth-order valence-electron chi connectivity index (χ4n) is 3.93. The van der Waals surface area contributed by atoms with Crippen LogP contribution in [0.5, 0.6) is 0 Å². The number of fused-ring (bicyclic) bond motifs is 1. The maximum atomic E-state index is 13.0. The second-order valence-corrected chi connectivity index (χ2v) is 9.16. The van der Waals surface area contributed by atoms with E-state index in [1.807, 2.05) is 6.07 Å². The lowest BCUT2D eigenvalue weighted by Crippen LogP contribution is -2.52. The minimum absolute atomic E-state index is 0.200. The normalized spacial score (nSPS) is 30.9. The van der Waals surface area contributed by atoms with E-state index in [9.17, 15) is 8.42 Å². The van der Waals surface area contributed by atoms with E-state index >= 15 is 0 Å². The number of hydrogen-bond donors (Lipinski definition) is 0. The summed E-state index contributed by atoms with van der Waals surface area (Å²) in [4.78, 5) is 0.413. The minimum Gasteiger partial charge on any atom is -0.207 e. The van der Waals surface area contributed by atoms with Gasteiger partial charge < -0.3 is 0 Å². The number of piperidine rings is 1. The average Bonchev–Trinajstić information content (AvgIpc) is 2.47. The number of sulfonamides is 1. The van der Waals surface area contributed by atoms with Gasteiger partial charge in [-0.1, -0.05) is 41.8 Å². The molecule has 0 bridgehead atoms. The molecule has 1 saturated carbocycles. The lowest BCUT2D eigenvalue weighted by Gasteiger charge is -2.46. The highest BCUT2D eigenvalue weighted by Gasteiger charge is 2.42. The lowest BCUT2D eigenvalue weighted by molar-refractivity contribution is 0.0827. The summed E-state index contributed by atoms with van der Waals surface area (Å²) in [6.07, 6.45) is 5.57. The molecule has 1 aromatic carbocycles. The van der Waals surface area contributed by atoms with Gasteiger partial charge in [0.25, 0.3) is 0 Å². The molecule has 0 N–H and O–H groups in total. The molecule has 3 rings (SSSR count). The quantitative estimate of drug-likeness (QED) is 0.786. The maximum Gasteiger partial charge on any atom is 0.243 e. The highest BCUT2D eigenvalue weighted by Crippen LogP contribution is 2.41. The fraction of sp³-hybridized carbons (Fsp3) is 0.625. The van der Waals surface area contributed by atoms with Crippen molar-refractivity contribution < 1.29 is 8.42 Å². The van der Waals surface area contributed by atoms with Crippen LogP contribution >= 0.6 is 15.9 Å². The summed E-state index contributed by atoms with van der Waals surface area (Å²) in [5.74, 6) is 1.18. The lowest BCUT2D eigenvalue weighted by atomic mass is 9.74. The molecule has 0 aromatic heterocycles. The first kappa shape index (κ1) is 15.5. The van der Waals surface area contributed by atoms with Gasteiger partial charge in [-0.15, -0.1) is 0 Å². The van der Waals surface area contributed by atoms with E-state index in [1.54, 1.807) is 22.5 Å². The van der Waals surface area contributed by atoms with Crippen LogP contribution in [0.25, 0.3) is 0 Å². The Bertz CT molecular complexity index is 616. The highest BCUT2D eigenvalue weighted by atomic mass is 79.9. The molecule has 1 aliphatic heterocycles. The molecule has 116 valence electrons. The zero-order chi connectivity index (χ0) is 15.0. The van der Waals surface area contributed by atoms with Crippen molar-refractivity contribution in [2.45, 2.75) is 50.0 Å². The van der Waals surface area contributed by atoms with E-state index in [4.69, 9.17) is 0 Å². The SMILES string of the molecule is CC1CCN(S(=O)(=O)c2cccc(Br)c2)C2CCCCC12. The smallest absolute Gasteiger partial charge is 0.207 e. The Morgan fingerprint density at radius 1 is 1.19 bits per heavy atom. The van der Waals surface area contributed by atoms with Gasteiger partial charge in [0.1, 0.15) is 0 Å². The van der Waals surface area contributed by atoms with Crippen LogP contribution in [-0.2, 0) is 10.0 Å². The molecule has 0 amide bonds. The first-order valence-electron chi connectivity index (χ1n) is 7.77. The standard InChI is InChI=1S/C16H22BrNO2S/c1-12-9-10-18(16-8-3-2-7-15(12)16)21(19,20)14-6-4-5-13(17)11-14/h4-6,11-12,15-16H,2-3,7-10H2,1H3. The van der Waals surface area contributed by atoms with Crippen LogP contribution in [0.3, 0.4) is 0 Å². The van der Waals surface area contributed by atoms with Crippen molar-refractivity contribution in [3.05, 3.63) is 28.7 Å². The molecule has 2 fully saturated rings. The van der Waals surface area contributed by atoms with Crippen molar-refractivity contribution in [3.63, 3.8) is 0 Å². The Morgan fingerprint density at radius 2 is 1.95 bits per heavy atom. The molecule has 3 unspecified atom stereocenters. The van der Waals surface area contributed by atoms with Crippen LogP contribution in [0.15, 0.2) is 33.6 Å². The van der Waals surface area contributed by atoms with E-state index in [-0.39, 0.29) is 6.04 Å². The van der Waals surface area contributed by atoms with Gasteiger partial charge in [-0.25, -0.2) is 8.42 Å². The molecule has 1 saturated heterocycles. The Hall–Kier alpha value is -0.390. The largest absolute Gasteiger partial charge is 0.243 e. The molecule has 1 aromatic rings. The predicted molar refractivity (Wildman–Crippen MR) is 87.6 cm³/mol. The fourth-order valence-corrected chi connectivity index (χ4v) is 6.25. The minimum atomic E-state index is -3.38. The van der Waals surface area contributed by atoms with E-state index in [0.29, 0.717) is 23.3 Å². The summed E-state index contributed by atoms with van der Waals surface area (Å²) >= 11 is 3.37. The topological polar surface area (TPSA) is 37.4 Å². The van der Waals surface area contributed by atoms with Gasteiger partial charge in [0, 0.05) is 17.1 Å². The number of benzene rings is 1. The number of halogens is 1. The van der Waals surface area contributed by atoms with E-state index in [0.717, 1.165) is 23.7 Å². The zero-order valence-electron chi connectivity index (χ0n) is 12.3. The second-order valence-electron chi connectivity index (χ2n) is 6.35. The monoisotopic (exact) mass is 371 g/mol. The molecular weight excluding hydrogens is 350 g/mol. The molecule has 1 heterocycles. The third-order valence-corrected chi connectivity index (χ3v) is 7.50. The molecule has 2 aliphatic rings. The molecule has 5 heteroatoms.